The molecule has 0 unspecified atom stereocenters. The molecule has 14 heavy (non-hydrogen) atoms. The highest BCUT2D eigenvalue weighted by Crippen LogP contribution is 2.21. The van der Waals surface area contributed by atoms with E-state index in [1.807, 2.05) is 0 Å². The first kappa shape index (κ1) is 12.7. The van der Waals surface area contributed by atoms with Crippen LogP contribution < -0.4 is 0 Å². The van der Waals surface area contributed by atoms with Crippen molar-refractivity contribution in [3.8, 4) is 0 Å². The summed E-state index contributed by atoms with van der Waals surface area (Å²) in [5.41, 5.74) is -0.421. The van der Waals surface area contributed by atoms with Crippen LogP contribution in [0.2, 0.25) is 0 Å². The first-order valence-corrected chi connectivity index (χ1v) is 4.21. The second kappa shape index (κ2) is 4.79. The highest BCUT2D eigenvalue weighted by atomic mass is 16.5. The lowest BCUT2D eigenvalue weighted by Gasteiger charge is -2.17. The summed E-state index contributed by atoms with van der Waals surface area (Å²) >= 11 is 0. The lowest BCUT2D eigenvalue weighted by Crippen LogP contribution is -2.24. The molecule has 0 N–H and O–H groups in total. The van der Waals surface area contributed by atoms with Crippen LogP contribution in [0.4, 0.5) is 0 Å². The summed E-state index contributed by atoms with van der Waals surface area (Å²) in [6.07, 6.45) is 1.53. The molecule has 0 aliphatic rings. The minimum Gasteiger partial charge on any atom is -0.468 e. The molecule has 0 saturated carbocycles. The van der Waals surface area contributed by atoms with Crippen LogP contribution >= 0.6 is 0 Å². The Morgan fingerprint density at radius 2 is 1.64 bits per heavy atom. The molecule has 0 aromatic carbocycles. The van der Waals surface area contributed by atoms with Crippen LogP contribution in [0.5, 0.6) is 0 Å². The van der Waals surface area contributed by atoms with Crippen molar-refractivity contribution in [1.82, 2.24) is 0 Å². The first-order chi connectivity index (χ1) is 6.35. The number of methoxy groups -OCH3 is 2. The maximum absolute atomic E-state index is 11.3. The summed E-state index contributed by atoms with van der Waals surface area (Å²) in [7, 11) is 2.61. The minimum absolute atomic E-state index is 0.388. The summed E-state index contributed by atoms with van der Waals surface area (Å²) in [5, 5.41) is 0. The van der Waals surface area contributed by atoms with Crippen LogP contribution in [0, 0.1) is 5.41 Å². The van der Waals surface area contributed by atoms with E-state index in [4.69, 9.17) is 0 Å². The number of esters is 2. The Bertz CT molecular complexity index is 263. The van der Waals surface area contributed by atoms with Gasteiger partial charge in [0.1, 0.15) is 0 Å². The van der Waals surface area contributed by atoms with E-state index < -0.39 is 11.4 Å². The molecule has 4 heteroatoms. The Balaban J connectivity index is 4.78. The molecule has 80 valence electrons. The fourth-order valence-corrected chi connectivity index (χ4v) is 1.08. The number of carbonyl (C=O) groups is 2. The van der Waals surface area contributed by atoms with Gasteiger partial charge in [0.25, 0.3) is 0 Å². The molecule has 0 heterocycles. The fraction of sp³-hybridized carbons (Fsp3) is 0.600. The second-order valence-corrected chi connectivity index (χ2v) is 3.53. The van der Waals surface area contributed by atoms with Gasteiger partial charge in [-0.05, 0) is 20.8 Å². The van der Waals surface area contributed by atoms with Crippen molar-refractivity contribution in [3.63, 3.8) is 0 Å². The summed E-state index contributed by atoms with van der Waals surface area (Å²) < 4.78 is 9.11. The Labute approximate surface area is 83.9 Å². The van der Waals surface area contributed by atoms with Crippen LogP contribution in [0.1, 0.15) is 20.8 Å². The van der Waals surface area contributed by atoms with E-state index in [0.29, 0.717) is 5.57 Å². The zero-order valence-corrected chi connectivity index (χ0v) is 9.21. The summed E-state index contributed by atoms with van der Waals surface area (Å²) in [6.45, 7) is 4.94. The van der Waals surface area contributed by atoms with Crippen LogP contribution in [-0.2, 0) is 19.1 Å². The molecular weight excluding hydrogens is 184 g/mol. The standard InChI is InChI=1S/C10H16O4/c1-7(8(11)13-4)6-10(2,3)9(12)14-5/h6H,1-5H3/b7-6+. The minimum atomic E-state index is -0.812. The normalized spacial score (nSPS) is 12.2. The Morgan fingerprint density at radius 1 is 1.14 bits per heavy atom. The van der Waals surface area contributed by atoms with E-state index in [1.54, 1.807) is 20.8 Å². The molecule has 0 atom stereocenters. The van der Waals surface area contributed by atoms with Crippen molar-refractivity contribution in [2.24, 2.45) is 5.41 Å². The van der Waals surface area contributed by atoms with E-state index in [9.17, 15) is 9.59 Å². The van der Waals surface area contributed by atoms with E-state index >= 15 is 0 Å². The maximum Gasteiger partial charge on any atom is 0.333 e. The lowest BCUT2D eigenvalue weighted by atomic mass is 9.91. The monoisotopic (exact) mass is 200 g/mol. The SMILES string of the molecule is COC(=O)/C(C)=C/C(C)(C)C(=O)OC. The van der Waals surface area contributed by atoms with E-state index in [2.05, 4.69) is 9.47 Å². The average molecular weight is 200 g/mol. The number of carbonyl (C=O) groups excluding carboxylic acids is 2. The third-order valence-electron chi connectivity index (χ3n) is 1.80. The largest absolute Gasteiger partial charge is 0.468 e. The van der Waals surface area contributed by atoms with Gasteiger partial charge in [0, 0.05) is 5.57 Å². The molecule has 0 radical (unpaired) electrons. The molecule has 0 fully saturated rings. The van der Waals surface area contributed by atoms with Gasteiger partial charge in [-0.15, -0.1) is 0 Å². The van der Waals surface area contributed by atoms with Crippen molar-refractivity contribution >= 4 is 11.9 Å². The van der Waals surface area contributed by atoms with Crippen LogP contribution in [0.25, 0.3) is 0 Å². The van der Waals surface area contributed by atoms with Crippen LogP contribution in [0.3, 0.4) is 0 Å². The quantitative estimate of drug-likeness (QED) is 0.509. The fourth-order valence-electron chi connectivity index (χ4n) is 1.08. The Kier molecular flexibility index (Phi) is 4.34. The van der Waals surface area contributed by atoms with E-state index in [1.165, 1.54) is 20.3 Å². The Morgan fingerprint density at radius 3 is 2.00 bits per heavy atom. The third-order valence-corrected chi connectivity index (χ3v) is 1.80. The van der Waals surface area contributed by atoms with Gasteiger partial charge in [-0.3, -0.25) is 4.79 Å². The molecule has 0 aliphatic carbocycles. The van der Waals surface area contributed by atoms with Gasteiger partial charge in [0.2, 0.25) is 0 Å². The zero-order valence-electron chi connectivity index (χ0n) is 9.21. The van der Waals surface area contributed by atoms with Gasteiger partial charge >= 0.3 is 11.9 Å². The predicted molar refractivity (Wildman–Crippen MR) is 51.6 cm³/mol. The van der Waals surface area contributed by atoms with Gasteiger partial charge in [-0.1, -0.05) is 6.08 Å². The van der Waals surface area contributed by atoms with Gasteiger partial charge in [0.05, 0.1) is 19.6 Å². The molecular formula is C10H16O4. The van der Waals surface area contributed by atoms with E-state index in [-0.39, 0.29) is 5.97 Å². The number of rotatable bonds is 3. The smallest absolute Gasteiger partial charge is 0.333 e. The highest BCUT2D eigenvalue weighted by molar-refractivity contribution is 5.89. The zero-order chi connectivity index (χ0) is 11.4. The van der Waals surface area contributed by atoms with Gasteiger partial charge in [0.15, 0.2) is 0 Å². The molecule has 0 aromatic rings. The second-order valence-electron chi connectivity index (χ2n) is 3.53. The number of ether oxygens (including phenoxy) is 2. The van der Waals surface area contributed by atoms with Crippen LogP contribution in [0.15, 0.2) is 11.6 Å². The molecule has 0 saturated heterocycles. The Hall–Kier alpha value is -1.32. The van der Waals surface area contributed by atoms with Crippen molar-refractivity contribution in [2.45, 2.75) is 20.8 Å². The van der Waals surface area contributed by atoms with Crippen molar-refractivity contribution in [1.29, 1.82) is 0 Å². The highest BCUT2D eigenvalue weighted by Gasteiger charge is 2.27. The molecule has 0 aliphatic heterocycles. The first-order valence-electron chi connectivity index (χ1n) is 4.21. The molecule has 4 nitrogen and oxygen atoms in total. The topological polar surface area (TPSA) is 52.6 Å². The third kappa shape index (κ3) is 3.20. The number of hydrogen-bond donors (Lipinski definition) is 0. The predicted octanol–water partition coefficient (Wildman–Crippen LogP) is 1.30. The summed E-state index contributed by atoms with van der Waals surface area (Å²) in [4.78, 5) is 22.3. The lowest BCUT2D eigenvalue weighted by molar-refractivity contribution is -0.148. The van der Waals surface area contributed by atoms with Crippen molar-refractivity contribution in [2.75, 3.05) is 14.2 Å². The molecule has 0 spiro atoms. The maximum atomic E-state index is 11.3. The van der Waals surface area contributed by atoms with E-state index in [0.717, 1.165) is 0 Å². The van der Waals surface area contributed by atoms with Gasteiger partial charge < -0.3 is 9.47 Å². The summed E-state index contributed by atoms with van der Waals surface area (Å²) in [5.74, 6) is -0.831. The van der Waals surface area contributed by atoms with Crippen molar-refractivity contribution in [3.05, 3.63) is 11.6 Å². The molecule has 0 bridgehead atoms. The summed E-state index contributed by atoms with van der Waals surface area (Å²) in [6, 6.07) is 0. The molecule has 0 amide bonds. The van der Waals surface area contributed by atoms with Gasteiger partial charge in [-0.25, -0.2) is 4.79 Å². The molecule has 0 rings (SSSR count). The van der Waals surface area contributed by atoms with Crippen molar-refractivity contribution < 1.29 is 19.1 Å². The molecule has 0 aromatic heterocycles. The van der Waals surface area contributed by atoms with Gasteiger partial charge in [-0.2, -0.15) is 0 Å². The van der Waals surface area contributed by atoms with Crippen LogP contribution in [-0.4, -0.2) is 26.2 Å². The number of hydrogen-bond acceptors (Lipinski definition) is 4. The average Bonchev–Trinajstić information content (AvgIpc) is 2.14.